The minimum atomic E-state index is -0.808. The monoisotopic (exact) mass is 794 g/mol. The standard InChI is InChI=1S/C50H44N4O2.Zn/c1-49(2,3)43(55)30-34(48(56)50(4,5)6)47-41-28-26-39(53-41)45(32-18-12-8-13-19-32)37-24-22-35(51-37)44(31-16-10-7-11-17-31)36-23-25-38(52-36)46(33-20-14-9-15-21-33)40-27-29-42(47)54-40;/h7-30,55-56H,1-6H3;/q;+2/p-2/b43-30-,44-35?,44-36?,45-37?,45-39?,46-38?,46-40?,47-41?,47-42?,48-34+;. The number of hydrogen-bond donors (Lipinski definition) is 0. The maximum atomic E-state index is 14.6. The van der Waals surface area contributed by atoms with E-state index in [0.29, 0.717) is 28.4 Å². The summed E-state index contributed by atoms with van der Waals surface area (Å²) in [4.78, 5) is 21.2. The van der Waals surface area contributed by atoms with Crippen LogP contribution in [0.2, 0.25) is 0 Å². The molecule has 5 aliphatic rings. The Kier molecular flexibility index (Phi) is 10.6. The van der Waals surface area contributed by atoms with Crippen LogP contribution in [0, 0.1) is 10.8 Å². The molecule has 3 aromatic carbocycles. The average molecular weight is 796 g/mol. The van der Waals surface area contributed by atoms with E-state index in [2.05, 4.69) is 36.4 Å². The molecule has 0 radical (unpaired) electrons. The van der Waals surface area contributed by atoms with Crippen LogP contribution in [0.5, 0.6) is 0 Å². The van der Waals surface area contributed by atoms with Gasteiger partial charge in [-0.1, -0.05) is 139 Å². The van der Waals surface area contributed by atoms with Crippen molar-refractivity contribution in [3.8, 4) is 0 Å². The van der Waals surface area contributed by atoms with Crippen LogP contribution in [0.1, 0.15) is 58.2 Å². The molecule has 0 saturated heterocycles. The first-order valence-electron chi connectivity index (χ1n) is 18.9. The summed E-state index contributed by atoms with van der Waals surface area (Å²) in [6, 6.07) is 30.4. The van der Waals surface area contributed by atoms with Crippen LogP contribution in [0.25, 0.3) is 16.7 Å². The van der Waals surface area contributed by atoms with Gasteiger partial charge in [0.25, 0.3) is 0 Å². The van der Waals surface area contributed by atoms with Crippen molar-refractivity contribution >= 4 is 39.6 Å². The van der Waals surface area contributed by atoms with Gasteiger partial charge in [-0.15, -0.1) is 11.5 Å². The summed E-state index contributed by atoms with van der Waals surface area (Å²) < 4.78 is 0. The fourth-order valence-corrected chi connectivity index (χ4v) is 7.07. The van der Waals surface area contributed by atoms with Gasteiger partial charge in [0.2, 0.25) is 0 Å². The molecule has 0 fully saturated rings. The molecule has 5 aliphatic heterocycles. The Morgan fingerprint density at radius 3 is 1.14 bits per heavy atom. The second kappa shape index (κ2) is 15.5. The number of hydrogen-bond acceptors (Lipinski definition) is 6. The SMILES string of the molecule is CC(C)(C)/C([O-])=C/C(C1=C2C=CC(=N2)C(c2ccccc2)=C2C=CC(=N2)C(c2ccccc2)=C2C=CC(=N2)C(c2ccccc2)=C2C=CC1=N2)=C(\[O-])C(C)(C)C.[Zn+2]. The molecule has 0 unspecified atom stereocenters. The molecular formula is C50H42N4O2Zn. The molecular weight excluding hydrogens is 754 g/mol. The number of nitrogens with zero attached hydrogens (tertiary/aromatic N) is 4. The van der Waals surface area contributed by atoms with Crippen LogP contribution in [0.3, 0.4) is 0 Å². The zero-order chi connectivity index (χ0) is 39.2. The van der Waals surface area contributed by atoms with Crippen LogP contribution in [-0.4, -0.2) is 22.8 Å². The molecule has 3 aromatic rings. The maximum absolute atomic E-state index is 14.6. The van der Waals surface area contributed by atoms with E-state index in [0.717, 1.165) is 56.2 Å². The number of aliphatic imine (C=N–C) groups is 4. The average Bonchev–Trinajstić information content (AvgIpc) is 4.02. The van der Waals surface area contributed by atoms with Gasteiger partial charge in [0.05, 0.1) is 45.6 Å². The molecule has 8 bridgehead atoms. The summed E-state index contributed by atoms with van der Waals surface area (Å²) in [5.41, 5.74) is 10.2. The Hall–Kier alpha value is -6.04. The zero-order valence-electron chi connectivity index (χ0n) is 33.2. The number of fused-ring (bicyclic) bond motifs is 4. The Balaban J connectivity index is 0.00000496. The van der Waals surface area contributed by atoms with Gasteiger partial charge in [-0.25, -0.2) is 20.0 Å². The third-order valence-electron chi connectivity index (χ3n) is 10.0. The fourth-order valence-electron chi connectivity index (χ4n) is 7.07. The largest absolute Gasteiger partial charge is 2.00 e. The van der Waals surface area contributed by atoms with Gasteiger partial charge in [-0.05, 0) is 81.7 Å². The third-order valence-corrected chi connectivity index (χ3v) is 10.0. The molecule has 57 heavy (non-hydrogen) atoms. The molecule has 0 spiro atoms. The van der Waals surface area contributed by atoms with Crippen molar-refractivity contribution in [2.45, 2.75) is 41.5 Å². The molecule has 0 N–H and O–H groups in total. The number of allylic oxidation sites excluding steroid dienone is 16. The Bertz CT molecular complexity index is 2570. The van der Waals surface area contributed by atoms with Gasteiger partial charge in [-0.2, -0.15) is 0 Å². The smallest absolute Gasteiger partial charge is 0.875 e. The van der Waals surface area contributed by atoms with Crippen molar-refractivity contribution in [3.63, 3.8) is 0 Å². The van der Waals surface area contributed by atoms with Gasteiger partial charge in [-0.3, -0.25) is 0 Å². The van der Waals surface area contributed by atoms with E-state index in [1.165, 1.54) is 6.08 Å². The van der Waals surface area contributed by atoms with Crippen LogP contribution >= 0.6 is 0 Å². The van der Waals surface area contributed by atoms with Crippen LogP contribution in [0.15, 0.2) is 211 Å². The third kappa shape index (κ3) is 7.73. The molecule has 0 atom stereocenters. The van der Waals surface area contributed by atoms with E-state index in [4.69, 9.17) is 20.0 Å². The van der Waals surface area contributed by atoms with Crippen molar-refractivity contribution in [3.05, 3.63) is 208 Å². The molecule has 0 aliphatic carbocycles. The van der Waals surface area contributed by atoms with Crippen LogP contribution in [-0.2, 0) is 19.5 Å². The van der Waals surface area contributed by atoms with E-state index in [1.807, 2.05) is 145 Å². The maximum Gasteiger partial charge on any atom is 2.00 e. The molecule has 0 amide bonds. The van der Waals surface area contributed by atoms with Gasteiger partial charge < -0.3 is 10.2 Å². The van der Waals surface area contributed by atoms with Crippen molar-refractivity contribution in [1.82, 2.24) is 0 Å². The van der Waals surface area contributed by atoms with Gasteiger partial charge >= 0.3 is 19.5 Å². The first kappa shape index (κ1) is 39.2. The minimum absolute atomic E-state index is 0. The number of rotatable bonds is 5. The molecule has 0 saturated carbocycles. The quantitative estimate of drug-likeness (QED) is 0.146. The first-order valence-corrected chi connectivity index (χ1v) is 18.9. The molecule has 7 heteroatoms. The van der Waals surface area contributed by atoms with Crippen LogP contribution in [0.4, 0.5) is 0 Å². The molecule has 5 heterocycles. The summed E-state index contributed by atoms with van der Waals surface area (Å²) >= 11 is 0. The topological polar surface area (TPSA) is 95.6 Å². The van der Waals surface area contributed by atoms with Gasteiger partial charge in [0, 0.05) is 22.3 Å². The van der Waals surface area contributed by atoms with Crippen LogP contribution < -0.4 is 10.2 Å². The van der Waals surface area contributed by atoms with E-state index in [9.17, 15) is 10.2 Å². The second-order valence-electron chi connectivity index (χ2n) is 16.2. The second-order valence-corrected chi connectivity index (χ2v) is 16.2. The summed E-state index contributed by atoms with van der Waals surface area (Å²) in [6.07, 6.45) is 17.4. The molecule has 6 nitrogen and oxygen atoms in total. The Labute approximate surface area is 347 Å². The summed E-state index contributed by atoms with van der Waals surface area (Å²) in [7, 11) is 0. The van der Waals surface area contributed by atoms with Crippen molar-refractivity contribution in [2.75, 3.05) is 0 Å². The Morgan fingerprint density at radius 2 is 0.772 bits per heavy atom. The summed E-state index contributed by atoms with van der Waals surface area (Å²) in [5.74, 6) is -0.342. The fraction of sp³-hybridized carbons (Fsp3) is 0.160. The number of benzene rings is 3. The first-order chi connectivity index (χ1) is 26.9. The van der Waals surface area contributed by atoms with E-state index in [-0.39, 0.29) is 36.6 Å². The molecule has 276 valence electrons. The van der Waals surface area contributed by atoms with Gasteiger partial charge in [0.15, 0.2) is 0 Å². The van der Waals surface area contributed by atoms with E-state index >= 15 is 0 Å². The minimum Gasteiger partial charge on any atom is -0.875 e. The zero-order valence-corrected chi connectivity index (χ0v) is 36.1. The van der Waals surface area contributed by atoms with Crippen molar-refractivity contribution in [1.29, 1.82) is 0 Å². The Morgan fingerprint density at radius 1 is 0.439 bits per heavy atom. The predicted molar refractivity (Wildman–Crippen MR) is 227 cm³/mol. The van der Waals surface area contributed by atoms with Crippen molar-refractivity contribution in [2.24, 2.45) is 30.8 Å². The normalized spacial score (nSPS) is 18.2. The van der Waals surface area contributed by atoms with E-state index in [1.54, 1.807) is 0 Å². The van der Waals surface area contributed by atoms with Crippen molar-refractivity contribution < 1.29 is 29.7 Å². The molecule has 8 rings (SSSR count). The molecule has 0 aromatic heterocycles. The predicted octanol–water partition coefficient (Wildman–Crippen LogP) is 9.48. The summed E-state index contributed by atoms with van der Waals surface area (Å²) in [6.45, 7) is 11.2. The summed E-state index contributed by atoms with van der Waals surface area (Å²) in [5, 5.41) is 28.4. The van der Waals surface area contributed by atoms with Gasteiger partial charge in [0.1, 0.15) is 0 Å². The van der Waals surface area contributed by atoms with E-state index < -0.39 is 10.8 Å².